The van der Waals surface area contributed by atoms with E-state index in [0.29, 0.717) is 0 Å². The van der Waals surface area contributed by atoms with Crippen molar-refractivity contribution in [1.82, 2.24) is 0 Å². The summed E-state index contributed by atoms with van der Waals surface area (Å²) >= 11 is 0. The molecule has 0 aromatic rings. The zero-order chi connectivity index (χ0) is 7.70. The average molecular weight is 168 g/mol. The van der Waals surface area contributed by atoms with Crippen LogP contribution >= 0.6 is 0 Å². The maximum Gasteiger partial charge on any atom is 0.483 e. The van der Waals surface area contributed by atoms with E-state index < -0.39 is 9.53 Å². The average Bonchev–Trinajstić information content (AvgIpc) is 1.96. The molecule has 0 amide bonds. The molecule has 0 fully saturated rings. The van der Waals surface area contributed by atoms with Gasteiger partial charge in [-0.15, -0.1) is 0 Å². The van der Waals surface area contributed by atoms with Crippen molar-refractivity contribution in [3.05, 3.63) is 0 Å². The summed E-state index contributed by atoms with van der Waals surface area (Å²) in [6.07, 6.45) is 0. The molecule has 0 unspecified atom stereocenters. The minimum atomic E-state index is -1.67. The Balaban J connectivity index is 0. The summed E-state index contributed by atoms with van der Waals surface area (Å²) in [6, 6.07) is 0. The molecule has 0 bridgehead atoms. The largest absolute Gasteiger partial charge is 0.483 e. The second kappa shape index (κ2) is 11.2. The van der Waals surface area contributed by atoms with Crippen LogP contribution in [0, 0.1) is 0 Å². The van der Waals surface area contributed by atoms with Gasteiger partial charge < -0.3 is 13.3 Å². The SMILES string of the molecule is CO[SiH](OC)OC.C[SiH3]. The molecule has 58 valence electrons. The van der Waals surface area contributed by atoms with Crippen LogP contribution in [-0.2, 0) is 13.3 Å². The summed E-state index contributed by atoms with van der Waals surface area (Å²) in [5.74, 6) is 0. The first-order chi connectivity index (χ1) is 4.35. The summed E-state index contributed by atoms with van der Waals surface area (Å²) < 4.78 is 14.2. The molecule has 0 heterocycles. The first kappa shape index (κ1) is 12.0. The van der Waals surface area contributed by atoms with Crippen LogP contribution in [-0.4, -0.2) is 41.1 Å². The van der Waals surface area contributed by atoms with Crippen LogP contribution in [0.3, 0.4) is 0 Å². The molecule has 0 aliphatic heterocycles. The molecule has 0 aliphatic carbocycles. The third-order valence-corrected chi connectivity index (χ3v) is 1.73. The fourth-order valence-corrected chi connectivity index (χ4v) is 0.866. The molecule has 0 saturated heterocycles. The van der Waals surface area contributed by atoms with Crippen molar-refractivity contribution in [2.24, 2.45) is 0 Å². The highest BCUT2D eigenvalue weighted by molar-refractivity contribution is 6.36. The van der Waals surface area contributed by atoms with Crippen LogP contribution < -0.4 is 0 Å². The van der Waals surface area contributed by atoms with Crippen molar-refractivity contribution < 1.29 is 13.3 Å². The Hall–Kier alpha value is 0.314. The Labute approximate surface area is 61.7 Å². The van der Waals surface area contributed by atoms with Gasteiger partial charge in [-0.25, -0.2) is 0 Å². The minimum absolute atomic E-state index is 1.31. The van der Waals surface area contributed by atoms with Gasteiger partial charge in [0.05, 0.1) is 0 Å². The second-order valence-electron chi connectivity index (χ2n) is 0.996. The number of hydrogen-bond donors (Lipinski definition) is 0. The van der Waals surface area contributed by atoms with Crippen LogP contribution in [0.1, 0.15) is 0 Å². The van der Waals surface area contributed by atoms with Gasteiger partial charge in [0.25, 0.3) is 0 Å². The summed E-state index contributed by atoms with van der Waals surface area (Å²) in [6.45, 7) is 2.14. The van der Waals surface area contributed by atoms with Gasteiger partial charge >= 0.3 is 9.53 Å². The van der Waals surface area contributed by atoms with Gasteiger partial charge in [0, 0.05) is 21.3 Å². The van der Waals surface area contributed by atoms with Crippen molar-refractivity contribution in [3.63, 3.8) is 0 Å². The molecule has 0 radical (unpaired) electrons. The van der Waals surface area contributed by atoms with Gasteiger partial charge in [0.15, 0.2) is 0 Å². The topological polar surface area (TPSA) is 27.7 Å². The fourth-order valence-electron chi connectivity index (χ4n) is 0.289. The van der Waals surface area contributed by atoms with Gasteiger partial charge in [0.1, 0.15) is 0 Å². The second-order valence-corrected chi connectivity index (χ2v) is 2.99. The van der Waals surface area contributed by atoms with Crippen LogP contribution in [0.15, 0.2) is 0 Å². The summed E-state index contributed by atoms with van der Waals surface area (Å²) in [4.78, 5) is 0. The van der Waals surface area contributed by atoms with E-state index in [4.69, 9.17) is 13.3 Å². The smallest absolute Gasteiger partial charge is 0.379 e. The number of hydrogen-bond acceptors (Lipinski definition) is 3. The highest BCUT2D eigenvalue weighted by atomic mass is 28.3. The summed E-state index contributed by atoms with van der Waals surface area (Å²) in [7, 11) is 4.35. The van der Waals surface area contributed by atoms with Crippen molar-refractivity contribution in [1.29, 1.82) is 0 Å². The lowest BCUT2D eigenvalue weighted by atomic mass is 11.8. The van der Waals surface area contributed by atoms with E-state index in [1.807, 2.05) is 0 Å². The highest BCUT2D eigenvalue weighted by Crippen LogP contribution is 1.81. The van der Waals surface area contributed by atoms with Gasteiger partial charge in [-0.1, -0.05) is 6.55 Å². The maximum atomic E-state index is 4.74. The Morgan fingerprint density at radius 2 is 1.11 bits per heavy atom. The molecule has 9 heavy (non-hydrogen) atoms. The lowest BCUT2D eigenvalue weighted by molar-refractivity contribution is 0.163. The van der Waals surface area contributed by atoms with Crippen molar-refractivity contribution in [2.75, 3.05) is 21.3 Å². The molecule has 5 heteroatoms. The van der Waals surface area contributed by atoms with Crippen molar-refractivity contribution in [3.8, 4) is 0 Å². The zero-order valence-electron chi connectivity index (χ0n) is 6.80. The highest BCUT2D eigenvalue weighted by Gasteiger charge is 2.04. The lowest BCUT2D eigenvalue weighted by Crippen LogP contribution is -2.21. The quantitative estimate of drug-likeness (QED) is 0.508. The van der Waals surface area contributed by atoms with E-state index in [1.54, 1.807) is 21.3 Å². The van der Waals surface area contributed by atoms with E-state index in [1.165, 1.54) is 10.2 Å². The van der Waals surface area contributed by atoms with E-state index in [0.717, 1.165) is 0 Å². The van der Waals surface area contributed by atoms with Crippen LogP contribution in [0.2, 0.25) is 6.55 Å². The molecule has 0 N–H and O–H groups in total. The summed E-state index contributed by atoms with van der Waals surface area (Å²) in [5, 5.41) is 0. The van der Waals surface area contributed by atoms with Crippen LogP contribution in [0.5, 0.6) is 0 Å². The standard InChI is InChI=1S/C3H10O3Si.CH6Si/c1-4-7(5-2)6-3;1-2/h7H,1-3H3;1-2H3. The molecule has 0 aliphatic rings. The first-order valence-electron chi connectivity index (χ1n) is 2.93. The molecule has 0 rings (SSSR count). The molecular weight excluding hydrogens is 152 g/mol. The Morgan fingerprint density at radius 1 is 0.889 bits per heavy atom. The molecule has 0 spiro atoms. The molecule has 0 saturated carbocycles. The predicted octanol–water partition coefficient (Wildman–Crippen LogP) is -0.957. The van der Waals surface area contributed by atoms with E-state index >= 15 is 0 Å². The lowest BCUT2D eigenvalue weighted by Gasteiger charge is -2.05. The van der Waals surface area contributed by atoms with Crippen molar-refractivity contribution >= 4 is 19.8 Å². The maximum absolute atomic E-state index is 4.74. The molecule has 0 aromatic heterocycles. The molecular formula is C4H16O3Si2. The third-order valence-electron chi connectivity index (χ3n) is 0.577. The van der Waals surface area contributed by atoms with Crippen LogP contribution in [0.25, 0.3) is 0 Å². The van der Waals surface area contributed by atoms with E-state index in [2.05, 4.69) is 6.55 Å². The van der Waals surface area contributed by atoms with E-state index in [-0.39, 0.29) is 0 Å². The summed E-state index contributed by atoms with van der Waals surface area (Å²) in [5.41, 5.74) is 0. The zero-order valence-corrected chi connectivity index (χ0v) is 9.96. The first-order valence-corrected chi connectivity index (χ1v) is 6.35. The minimum Gasteiger partial charge on any atom is -0.379 e. The van der Waals surface area contributed by atoms with E-state index in [9.17, 15) is 0 Å². The van der Waals surface area contributed by atoms with Gasteiger partial charge in [-0.2, -0.15) is 0 Å². The molecule has 3 nitrogen and oxygen atoms in total. The molecule has 0 atom stereocenters. The Kier molecular flexibility index (Phi) is 14.9. The van der Waals surface area contributed by atoms with Gasteiger partial charge in [0.2, 0.25) is 0 Å². The number of rotatable bonds is 3. The van der Waals surface area contributed by atoms with Crippen LogP contribution in [0.4, 0.5) is 0 Å². The Morgan fingerprint density at radius 3 is 1.11 bits per heavy atom. The van der Waals surface area contributed by atoms with Gasteiger partial charge in [-0.05, 0) is 10.2 Å². The normalized spacial score (nSPS) is 9.00. The molecule has 0 aromatic carbocycles. The van der Waals surface area contributed by atoms with Gasteiger partial charge in [-0.3, -0.25) is 0 Å². The Bertz CT molecular complexity index is 35.3. The monoisotopic (exact) mass is 168 g/mol. The third kappa shape index (κ3) is 8.31. The fraction of sp³-hybridized carbons (Fsp3) is 1.00. The predicted molar refractivity (Wildman–Crippen MR) is 44.0 cm³/mol. The van der Waals surface area contributed by atoms with Crippen molar-refractivity contribution in [2.45, 2.75) is 6.55 Å².